The normalized spacial score (nSPS) is 10.9. The first kappa shape index (κ1) is 17.9. The number of halogens is 3. The van der Waals surface area contributed by atoms with Crippen molar-refractivity contribution in [2.24, 2.45) is 0 Å². The number of hydrogen-bond acceptors (Lipinski definition) is 3. The van der Waals surface area contributed by atoms with Crippen LogP contribution < -0.4 is 5.32 Å². The lowest BCUT2D eigenvalue weighted by atomic mass is 10.1. The topological polar surface area (TPSA) is 55.1 Å². The molecule has 27 heavy (non-hydrogen) atoms. The summed E-state index contributed by atoms with van der Waals surface area (Å²) in [7, 11) is 0. The number of aromatic nitrogens is 1. The van der Waals surface area contributed by atoms with E-state index >= 15 is 0 Å². The Balaban J connectivity index is 1.68. The van der Waals surface area contributed by atoms with Crippen LogP contribution in [0.5, 0.6) is 0 Å². The SMILES string of the molecule is O=C(Nc1cc(-c2nc3ccccc3o2)ccc1Cl)c1cccc(Cl)c1Cl. The van der Waals surface area contributed by atoms with Crippen LogP contribution in [0.2, 0.25) is 15.1 Å². The van der Waals surface area contributed by atoms with Crippen LogP contribution in [0.25, 0.3) is 22.6 Å². The third-order valence-corrected chi connectivity index (χ3v) is 5.10. The summed E-state index contributed by atoms with van der Waals surface area (Å²) in [5.74, 6) is 0.0169. The van der Waals surface area contributed by atoms with Crippen LogP contribution in [0.3, 0.4) is 0 Å². The molecule has 1 amide bonds. The Morgan fingerprint density at radius 1 is 0.926 bits per heavy atom. The Morgan fingerprint density at radius 3 is 2.56 bits per heavy atom. The van der Waals surface area contributed by atoms with Gasteiger partial charge < -0.3 is 9.73 Å². The van der Waals surface area contributed by atoms with Gasteiger partial charge in [-0.05, 0) is 42.5 Å². The Kier molecular flexibility index (Phi) is 4.79. The minimum atomic E-state index is -0.417. The van der Waals surface area contributed by atoms with Crippen LogP contribution in [-0.2, 0) is 0 Å². The number of carbonyl (C=O) groups excluding carboxylic acids is 1. The molecule has 0 atom stereocenters. The third-order valence-electron chi connectivity index (χ3n) is 3.95. The van der Waals surface area contributed by atoms with Gasteiger partial charge in [0.2, 0.25) is 5.89 Å². The van der Waals surface area contributed by atoms with Crippen molar-refractivity contribution in [3.8, 4) is 11.5 Å². The number of para-hydroxylation sites is 2. The molecule has 1 N–H and O–H groups in total. The Morgan fingerprint density at radius 2 is 1.74 bits per heavy atom. The third kappa shape index (κ3) is 3.52. The van der Waals surface area contributed by atoms with Crippen LogP contribution >= 0.6 is 34.8 Å². The maximum atomic E-state index is 12.6. The summed E-state index contributed by atoms with van der Waals surface area (Å²) in [6.07, 6.45) is 0. The molecular formula is C20H11Cl3N2O2. The lowest BCUT2D eigenvalue weighted by Gasteiger charge is -2.10. The molecule has 0 aliphatic heterocycles. The fourth-order valence-electron chi connectivity index (χ4n) is 2.62. The number of hydrogen-bond donors (Lipinski definition) is 1. The number of nitrogens with zero attached hydrogens (tertiary/aromatic N) is 1. The molecule has 0 bridgehead atoms. The number of carbonyl (C=O) groups is 1. The summed E-state index contributed by atoms with van der Waals surface area (Å²) in [4.78, 5) is 17.0. The second kappa shape index (κ2) is 7.24. The molecule has 7 heteroatoms. The van der Waals surface area contributed by atoms with Gasteiger partial charge >= 0.3 is 0 Å². The van der Waals surface area contributed by atoms with Crippen molar-refractivity contribution in [1.29, 1.82) is 0 Å². The zero-order valence-electron chi connectivity index (χ0n) is 13.7. The van der Waals surface area contributed by atoms with Crippen molar-refractivity contribution >= 4 is 57.5 Å². The molecule has 0 aliphatic carbocycles. The van der Waals surface area contributed by atoms with E-state index in [1.54, 1.807) is 36.4 Å². The van der Waals surface area contributed by atoms with E-state index in [-0.39, 0.29) is 10.6 Å². The Hall–Kier alpha value is -2.53. The quantitative estimate of drug-likeness (QED) is 0.403. The van der Waals surface area contributed by atoms with Crippen molar-refractivity contribution < 1.29 is 9.21 Å². The molecule has 0 aliphatic rings. The van der Waals surface area contributed by atoms with Crippen LogP contribution in [0.15, 0.2) is 65.1 Å². The molecule has 134 valence electrons. The summed E-state index contributed by atoms with van der Waals surface area (Å²) in [5.41, 5.74) is 2.78. The van der Waals surface area contributed by atoms with Crippen LogP contribution in [0.1, 0.15) is 10.4 Å². The number of nitrogens with one attached hydrogen (secondary N) is 1. The highest BCUT2D eigenvalue weighted by atomic mass is 35.5. The molecule has 0 fully saturated rings. The molecule has 1 aromatic heterocycles. The van der Waals surface area contributed by atoms with Gasteiger partial charge in [-0.25, -0.2) is 4.98 Å². The first-order chi connectivity index (χ1) is 13.0. The summed E-state index contributed by atoms with van der Waals surface area (Å²) in [6, 6.07) is 17.5. The van der Waals surface area contributed by atoms with Crippen LogP contribution in [0, 0.1) is 0 Å². The monoisotopic (exact) mass is 416 g/mol. The molecule has 4 nitrogen and oxygen atoms in total. The molecule has 4 aromatic rings. The van der Waals surface area contributed by atoms with E-state index in [1.807, 2.05) is 24.3 Å². The highest BCUT2D eigenvalue weighted by Gasteiger charge is 2.16. The zero-order chi connectivity index (χ0) is 19.0. The van der Waals surface area contributed by atoms with Crippen molar-refractivity contribution in [2.75, 3.05) is 5.32 Å². The van der Waals surface area contributed by atoms with Gasteiger partial charge in [-0.1, -0.05) is 53.0 Å². The molecule has 0 unspecified atom stereocenters. The smallest absolute Gasteiger partial charge is 0.257 e. The molecule has 0 saturated heterocycles. The average molecular weight is 418 g/mol. The van der Waals surface area contributed by atoms with Gasteiger partial charge in [0.05, 0.1) is 26.3 Å². The molecule has 0 spiro atoms. The number of rotatable bonds is 3. The minimum Gasteiger partial charge on any atom is -0.436 e. The lowest BCUT2D eigenvalue weighted by Crippen LogP contribution is -2.13. The highest BCUT2D eigenvalue weighted by Crippen LogP contribution is 2.32. The predicted octanol–water partition coefficient (Wildman–Crippen LogP) is 6.71. The van der Waals surface area contributed by atoms with E-state index in [1.165, 1.54) is 0 Å². The zero-order valence-corrected chi connectivity index (χ0v) is 15.9. The van der Waals surface area contributed by atoms with Crippen molar-refractivity contribution in [3.05, 3.63) is 81.3 Å². The van der Waals surface area contributed by atoms with Gasteiger partial charge in [0.1, 0.15) is 5.52 Å². The average Bonchev–Trinajstić information content (AvgIpc) is 3.10. The number of benzene rings is 3. The molecule has 0 saturated carbocycles. The van der Waals surface area contributed by atoms with Crippen molar-refractivity contribution in [1.82, 2.24) is 4.98 Å². The van der Waals surface area contributed by atoms with Crippen LogP contribution in [-0.4, -0.2) is 10.9 Å². The van der Waals surface area contributed by atoms with Gasteiger partial charge in [-0.2, -0.15) is 0 Å². The molecule has 1 heterocycles. The van der Waals surface area contributed by atoms with E-state index in [9.17, 15) is 4.79 Å². The summed E-state index contributed by atoms with van der Waals surface area (Å²) < 4.78 is 5.77. The van der Waals surface area contributed by atoms with Crippen LogP contribution in [0.4, 0.5) is 5.69 Å². The first-order valence-electron chi connectivity index (χ1n) is 7.94. The lowest BCUT2D eigenvalue weighted by molar-refractivity contribution is 0.102. The number of oxazole rings is 1. The largest absolute Gasteiger partial charge is 0.436 e. The fraction of sp³-hybridized carbons (Fsp3) is 0. The number of fused-ring (bicyclic) bond motifs is 1. The number of anilines is 1. The van der Waals surface area contributed by atoms with E-state index in [2.05, 4.69) is 10.3 Å². The first-order valence-corrected chi connectivity index (χ1v) is 9.07. The van der Waals surface area contributed by atoms with E-state index < -0.39 is 5.91 Å². The molecule has 4 rings (SSSR count). The maximum absolute atomic E-state index is 12.6. The standard InChI is InChI=1S/C20H11Cl3N2O2/c21-13-9-8-11(20-25-15-6-1-2-7-17(15)27-20)10-16(13)24-19(26)12-4-3-5-14(22)18(12)23/h1-10H,(H,24,26). The summed E-state index contributed by atoms with van der Waals surface area (Å²) >= 11 is 18.3. The molecule has 3 aromatic carbocycles. The van der Waals surface area contributed by atoms with Crippen molar-refractivity contribution in [3.63, 3.8) is 0 Å². The van der Waals surface area contributed by atoms with Gasteiger partial charge in [0.15, 0.2) is 5.58 Å². The van der Waals surface area contributed by atoms with E-state index in [0.29, 0.717) is 32.8 Å². The van der Waals surface area contributed by atoms with Gasteiger partial charge in [0.25, 0.3) is 5.91 Å². The Labute approximate surface area is 169 Å². The summed E-state index contributed by atoms with van der Waals surface area (Å²) in [6.45, 7) is 0. The van der Waals surface area contributed by atoms with Gasteiger partial charge in [-0.15, -0.1) is 0 Å². The molecule has 0 radical (unpaired) electrons. The molecular weight excluding hydrogens is 407 g/mol. The second-order valence-electron chi connectivity index (χ2n) is 5.74. The maximum Gasteiger partial charge on any atom is 0.257 e. The highest BCUT2D eigenvalue weighted by molar-refractivity contribution is 6.44. The van der Waals surface area contributed by atoms with Gasteiger partial charge in [0, 0.05) is 5.56 Å². The Bertz CT molecular complexity index is 1140. The minimum absolute atomic E-state index is 0.183. The van der Waals surface area contributed by atoms with Crippen molar-refractivity contribution in [2.45, 2.75) is 0 Å². The second-order valence-corrected chi connectivity index (χ2v) is 6.93. The fourth-order valence-corrected chi connectivity index (χ4v) is 3.17. The predicted molar refractivity (Wildman–Crippen MR) is 109 cm³/mol. The van der Waals surface area contributed by atoms with Gasteiger partial charge in [-0.3, -0.25) is 4.79 Å². The number of amides is 1. The van der Waals surface area contributed by atoms with E-state index in [4.69, 9.17) is 39.2 Å². The van der Waals surface area contributed by atoms with E-state index in [0.717, 1.165) is 5.52 Å². The summed E-state index contributed by atoms with van der Waals surface area (Å²) in [5, 5.41) is 3.62.